The van der Waals surface area contributed by atoms with E-state index in [0.29, 0.717) is 19.4 Å². The molecule has 148 valence electrons. The van der Waals surface area contributed by atoms with Crippen LogP contribution in [-0.2, 0) is 21.2 Å². The highest BCUT2D eigenvalue weighted by atomic mass is 32.2. The number of rotatable bonds is 5. The zero-order chi connectivity index (χ0) is 19.4. The van der Waals surface area contributed by atoms with Crippen molar-refractivity contribution < 1.29 is 17.9 Å². The van der Waals surface area contributed by atoms with E-state index in [1.807, 2.05) is 12.1 Å². The van der Waals surface area contributed by atoms with Gasteiger partial charge in [-0.05, 0) is 55.2 Å². The molecule has 1 amide bonds. The molecule has 27 heavy (non-hydrogen) atoms. The van der Waals surface area contributed by atoms with Crippen molar-refractivity contribution >= 4 is 21.7 Å². The van der Waals surface area contributed by atoms with Gasteiger partial charge in [0.05, 0.1) is 19.4 Å². The van der Waals surface area contributed by atoms with E-state index in [0.717, 1.165) is 31.1 Å². The van der Waals surface area contributed by atoms with E-state index in [2.05, 4.69) is 22.9 Å². The molecule has 6 nitrogen and oxygen atoms in total. The first-order chi connectivity index (χ1) is 12.9. The van der Waals surface area contributed by atoms with Crippen LogP contribution in [0, 0.1) is 0 Å². The van der Waals surface area contributed by atoms with Gasteiger partial charge in [0.1, 0.15) is 0 Å². The lowest BCUT2D eigenvalue weighted by atomic mass is 9.90. The number of hydrogen-bond acceptors (Lipinski definition) is 4. The molecule has 1 heterocycles. The molecule has 1 saturated heterocycles. The summed E-state index contributed by atoms with van der Waals surface area (Å²) in [4.78, 5) is 13.9. The molecule has 1 aromatic rings. The number of sulfonamides is 1. The number of benzene rings is 1. The van der Waals surface area contributed by atoms with Gasteiger partial charge in [0.25, 0.3) is 0 Å². The SMILES string of the molecule is COC(=O)N1CCCC(NS(C)(=O)=O)C1Cc1cccc(C2=CCCC2)c1. The van der Waals surface area contributed by atoms with Crippen LogP contribution in [0.3, 0.4) is 0 Å². The van der Waals surface area contributed by atoms with E-state index in [-0.39, 0.29) is 12.1 Å². The second-order valence-electron chi connectivity index (χ2n) is 7.40. The Morgan fingerprint density at radius 3 is 2.81 bits per heavy atom. The number of likely N-dealkylation sites (tertiary alicyclic amines) is 1. The molecule has 0 bridgehead atoms. The maximum absolute atomic E-state index is 12.3. The topological polar surface area (TPSA) is 75.7 Å². The number of ether oxygens (including phenoxy) is 1. The summed E-state index contributed by atoms with van der Waals surface area (Å²) in [5.74, 6) is 0. The van der Waals surface area contributed by atoms with Crippen molar-refractivity contribution in [3.63, 3.8) is 0 Å². The van der Waals surface area contributed by atoms with Gasteiger partial charge in [-0.3, -0.25) is 0 Å². The minimum absolute atomic E-state index is 0.270. The van der Waals surface area contributed by atoms with Crippen molar-refractivity contribution in [1.82, 2.24) is 9.62 Å². The normalized spacial score (nSPS) is 23.2. The number of methoxy groups -OCH3 is 1. The summed E-state index contributed by atoms with van der Waals surface area (Å²) in [7, 11) is -2.00. The van der Waals surface area contributed by atoms with Crippen molar-refractivity contribution in [2.75, 3.05) is 19.9 Å². The van der Waals surface area contributed by atoms with E-state index in [1.165, 1.54) is 24.7 Å². The Balaban J connectivity index is 1.86. The quantitative estimate of drug-likeness (QED) is 0.836. The fraction of sp³-hybridized carbons (Fsp3) is 0.550. The first kappa shape index (κ1) is 19.9. The van der Waals surface area contributed by atoms with Crippen LogP contribution in [0.1, 0.15) is 43.2 Å². The Morgan fingerprint density at radius 1 is 1.33 bits per heavy atom. The molecular weight excluding hydrogens is 364 g/mol. The molecule has 0 saturated carbocycles. The Hall–Kier alpha value is -1.86. The van der Waals surface area contributed by atoms with Crippen LogP contribution in [-0.4, -0.2) is 51.4 Å². The molecule has 1 N–H and O–H groups in total. The summed E-state index contributed by atoms with van der Waals surface area (Å²) in [6.07, 6.45) is 8.49. The van der Waals surface area contributed by atoms with Gasteiger partial charge >= 0.3 is 6.09 Å². The highest BCUT2D eigenvalue weighted by Gasteiger charge is 2.36. The first-order valence-electron chi connectivity index (χ1n) is 9.47. The fourth-order valence-electron chi connectivity index (χ4n) is 4.14. The molecular formula is C20H28N2O4S. The van der Waals surface area contributed by atoms with Crippen LogP contribution < -0.4 is 4.72 Å². The summed E-state index contributed by atoms with van der Waals surface area (Å²) in [5, 5.41) is 0. The van der Waals surface area contributed by atoms with E-state index >= 15 is 0 Å². The molecule has 2 atom stereocenters. The molecule has 1 aromatic carbocycles. The Bertz CT molecular complexity index is 819. The lowest BCUT2D eigenvalue weighted by molar-refractivity contribution is 0.0792. The van der Waals surface area contributed by atoms with E-state index < -0.39 is 16.1 Å². The van der Waals surface area contributed by atoms with Crippen LogP contribution in [0.2, 0.25) is 0 Å². The summed E-state index contributed by atoms with van der Waals surface area (Å²) < 4.78 is 31.3. The summed E-state index contributed by atoms with van der Waals surface area (Å²) in [5.41, 5.74) is 3.69. The molecule has 7 heteroatoms. The van der Waals surface area contributed by atoms with Crippen molar-refractivity contribution in [2.45, 2.75) is 50.6 Å². The maximum Gasteiger partial charge on any atom is 0.409 e. The van der Waals surface area contributed by atoms with E-state index in [9.17, 15) is 13.2 Å². The lowest BCUT2D eigenvalue weighted by Crippen LogP contribution is -2.57. The fourth-order valence-corrected chi connectivity index (χ4v) is 4.96. The predicted molar refractivity (Wildman–Crippen MR) is 106 cm³/mol. The standard InChI is InChI=1S/C20H28N2O4S/c1-26-20(23)22-12-6-11-18(21-27(2,24)25)19(22)14-15-7-5-10-17(13-15)16-8-3-4-9-16/h5,7-8,10,13,18-19,21H,3-4,6,9,11-12,14H2,1-2H3. The monoisotopic (exact) mass is 392 g/mol. The second-order valence-corrected chi connectivity index (χ2v) is 9.18. The molecule has 1 aliphatic carbocycles. The van der Waals surface area contributed by atoms with Gasteiger partial charge < -0.3 is 9.64 Å². The largest absolute Gasteiger partial charge is 0.453 e. The molecule has 0 aromatic heterocycles. The number of piperidine rings is 1. The average Bonchev–Trinajstić information content (AvgIpc) is 3.16. The third-order valence-electron chi connectivity index (χ3n) is 5.34. The summed E-state index contributed by atoms with van der Waals surface area (Å²) in [6.45, 7) is 0.574. The van der Waals surface area contributed by atoms with Crippen LogP contribution in [0.5, 0.6) is 0 Å². The Kier molecular flexibility index (Phi) is 6.22. The van der Waals surface area contributed by atoms with Crippen LogP contribution >= 0.6 is 0 Å². The van der Waals surface area contributed by atoms with Gasteiger partial charge in [-0.2, -0.15) is 0 Å². The van der Waals surface area contributed by atoms with Crippen molar-refractivity contribution in [1.29, 1.82) is 0 Å². The lowest BCUT2D eigenvalue weighted by Gasteiger charge is -2.40. The average molecular weight is 393 g/mol. The molecule has 3 rings (SSSR count). The molecule has 2 unspecified atom stereocenters. The van der Waals surface area contributed by atoms with Crippen LogP contribution in [0.4, 0.5) is 4.79 Å². The van der Waals surface area contributed by atoms with Gasteiger partial charge in [-0.1, -0.05) is 30.3 Å². The molecule has 0 spiro atoms. The maximum atomic E-state index is 12.3. The number of carbonyl (C=O) groups excluding carboxylic acids is 1. The van der Waals surface area contributed by atoms with Crippen LogP contribution in [0.15, 0.2) is 30.3 Å². The predicted octanol–water partition coefficient (Wildman–Crippen LogP) is 2.95. The molecule has 0 radical (unpaired) electrons. The summed E-state index contributed by atoms with van der Waals surface area (Å²) in [6, 6.07) is 7.77. The molecule has 1 aliphatic heterocycles. The van der Waals surface area contributed by atoms with E-state index in [1.54, 1.807) is 4.90 Å². The Morgan fingerprint density at radius 2 is 2.15 bits per heavy atom. The Labute approximate surface area is 161 Å². The van der Waals surface area contributed by atoms with Gasteiger partial charge in [0, 0.05) is 12.6 Å². The number of nitrogens with one attached hydrogen (secondary N) is 1. The number of nitrogens with zero attached hydrogens (tertiary/aromatic N) is 1. The summed E-state index contributed by atoms with van der Waals surface area (Å²) >= 11 is 0. The third-order valence-corrected chi connectivity index (χ3v) is 6.07. The van der Waals surface area contributed by atoms with Crippen LogP contribution in [0.25, 0.3) is 5.57 Å². The minimum Gasteiger partial charge on any atom is -0.453 e. The first-order valence-corrected chi connectivity index (χ1v) is 11.4. The van der Waals surface area contributed by atoms with E-state index in [4.69, 9.17) is 4.74 Å². The zero-order valence-corrected chi connectivity index (χ0v) is 16.8. The van der Waals surface area contributed by atoms with Crippen molar-refractivity contribution in [2.24, 2.45) is 0 Å². The van der Waals surface area contributed by atoms with Crippen molar-refractivity contribution in [3.8, 4) is 0 Å². The van der Waals surface area contributed by atoms with Gasteiger partial charge in [-0.15, -0.1) is 0 Å². The van der Waals surface area contributed by atoms with Crippen molar-refractivity contribution in [3.05, 3.63) is 41.5 Å². The number of allylic oxidation sites excluding steroid dienone is 2. The second kappa shape index (κ2) is 8.44. The number of carbonyl (C=O) groups is 1. The molecule has 1 fully saturated rings. The molecule has 2 aliphatic rings. The van der Waals surface area contributed by atoms with Gasteiger partial charge in [0.2, 0.25) is 10.0 Å². The smallest absolute Gasteiger partial charge is 0.409 e. The highest BCUT2D eigenvalue weighted by Crippen LogP contribution is 2.29. The zero-order valence-electron chi connectivity index (χ0n) is 16.0. The number of amides is 1. The highest BCUT2D eigenvalue weighted by molar-refractivity contribution is 7.88. The van der Waals surface area contributed by atoms with Gasteiger partial charge in [-0.25, -0.2) is 17.9 Å². The van der Waals surface area contributed by atoms with Gasteiger partial charge in [0.15, 0.2) is 0 Å². The number of hydrogen-bond donors (Lipinski definition) is 1. The third kappa shape index (κ3) is 5.11. The minimum atomic E-state index is -3.36.